The monoisotopic (exact) mass is 606 g/mol. The van der Waals surface area contributed by atoms with Gasteiger partial charge in [-0.15, -0.1) is 0 Å². The summed E-state index contributed by atoms with van der Waals surface area (Å²) in [7, 11) is 0. The zero-order valence-electron chi connectivity index (χ0n) is 22.5. The van der Waals surface area contributed by atoms with Gasteiger partial charge in [0.05, 0.1) is 25.0 Å². The minimum absolute atomic E-state index is 0.116. The standard InChI is InChI=1S/C29H25F7N6O/c30-19-5-1-2-6-22(19)43-23-8-7-18(27(25(23)29(34,35)36)41-9-3-4-17(11-37)14-41)10-20(31)26-21(12-38)39-13-24(40-26)42-15-28(32,33)16-42/h1-2,5-8,10,13,17H,3-4,9,11,14-16,37H2/b20-10-/t17-/m0/s1. The molecule has 0 spiro atoms. The second-order valence-electron chi connectivity index (χ2n) is 10.3. The Bertz CT molecular complexity index is 1580. The van der Waals surface area contributed by atoms with Gasteiger partial charge in [0, 0.05) is 18.7 Å². The van der Waals surface area contributed by atoms with Crippen molar-refractivity contribution in [3.63, 3.8) is 0 Å². The zero-order chi connectivity index (χ0) is 30.9. The van der Waals surface area contributed by atoms with Crippen molar-refractivity contribution in [3.8, 4) is 17.6 Å². The Balaban J connectivity index is 1.65. The first-order valence-electron chi connectivity index (χ1n) is 13.3. The molecule has 2 N–H and O–H groups in total. The molecule has 0 saturated carbocycles. The zero-order valence-corrected chi connectivity index (χ0v) is 22.5. The number of benzene rings is 2. The van der Waals surface area contributed by atoms with Gasteiger partial charge in [-0.3, -0.25) is 0 Å². The molecule has 2 fully saturated rings. The van der Waals surface area contributed by atoms with Gasteiger partial charge >= 0.3 is 6.18 Å². The van der Waals surface area contributed by atoms with Crippen LogP contribution in [-0.4, -0.2) is 48.6 Å². The fraction of sp³-hybridized carbons (Fsp3) is 0.345. The van der Waals surface area contributed by atoms with Crippen LogP contribution in [0.5, 0.6) is 11.5 Å². The fourth-order valence-electron chi connectivity index (χ4n) is 5.17. The fourth-order valence-corrected chi connectivity index (χ4v) is 5.17. The van der Waals surface area contributed by atoms with Gasteiger partial charge in [-0.05, 0) is 55.6 Å². The molecule has 3 heterocycles. The van der Waals surface area contributed by atoms with E-state index in [4.69, 9.17) is 10.5 Å². The number of nitrogens with zero attached hydrogens (tertiary/aromatic N) is 5. The summed E-state index contributed by atoms with van der Waals surface area (Å²) in [5.41, 5.74) is 2.84. The second kappa shape index (κ2) is 11.7. The molecular formula is C29H25F7N6O. The van der Waals surface area contributed by atoms with Crippen LogP contribution in [0.25, 0.3) is 11.9 Å². The highest BCUT2D eigenvalue weighted by Gasteiger charge is 2.45. The van der Waals surface area contributed by atoms with Crippen molar-refractivity contribution in [3.05, 3.63) is 70.9 Å². The minimum Gasteiger partial charge on any atom is -0.454 e. The summed E-state index contributed by atoms with van der Waals surface area (Å²) in [6.45, 7) is -0.831. The highest BCUT2D eigenvalue weighted by atomic mass is 19.4. The SMILES string of the molecule is N#Cc1ncc(N2CC(F)(F)C2)nc1/C(F)=C/c1ccc(Oc2ccccc2F)c(C(F)(F)F)c1N1CCC[C@@H](CN)C1. The van der Waals surface area contributed by atoms with E-state index in [2.05, 4.69) is 9.97 Å². The molecule has 2 aliphatic rings. The van der Waals surface area contributed by atoms with Crippen LogP contribution < -0.4 is 20.3 Å². The van der Waals surface area contributed by atoms with Crippen molar-refractivity contribution >= 4 is 23.4 Å². The Morgan fingerprint density at radius 3 is 2.53 bits per heavy atom. The highest BCUT2D eigenvalue weighted by molar-refractivity contribution is 5.85. The van der Waals surface area contributed by atoms with Gasteiger partial charge in [0.15, 0.2) is 23.1 Å². The predicted molar refractivity (Wildman–Crippen MR) is 145 cm³/mol. The first-order valence-corrected chi connectivity index (χ1v) is 13.3. The first kappa shape index (κ1) is 30.1. The second-order valence-corrected chi connectivity index (χ2v) is 10.3. The molecule has 3 aromatic rings. The van der Waals surface area contributed by atoms with Crippen LogP contribution in [0.2, 0.25) is 0 Å². The van der Waals surface area contributed by atoms with Gasteiger partial charge < -0.3 is 20.3 Å². The van der Waals surface area contributed by atoms with Crippen molar-refractivity contribution in [2.45, 2.75) is 24.9 Å². The lowest BCUT2D eigenvalue weighted by Crippen LogP contribution is -2.56. The van der Waals surface area contributed by atoms with Gasteiger partial charge in [0.2, 0.25) is 0 Å². The molecule has 1 aromatic heterocycles. The maximum absolute atomic E-state index is 15.8. The molecule has 1 atom stereocenters. The predicted octanol–water partition coefficient (Wildman–Crippen LogP) is 6.40. The lowest BCUT2D eigenvalue weighted by Gasteiger charge is -2.39. The number of rotatable bonds is 7. The van der Waals surface area contributed by atoms with E-state index in [1.165, 1.54) is 29.2 Å². The maximum Gasteiger partial charge on any atom is 0.422 e. The number of halogens is 7. The van der Waals surface area contributed by atoms with E-state index in [9.17, 15) is 31.6 Å². The Hall–Kier alpha value is -4.38. The maximum atomic E-state index is 15.8. The van der Waals surface area contributed by atoms with Crippen molar-refractivity contribution in [1.82, 2.24) is 9.97 Å². The van der Waals surface area contributed by atoms with Crippen molar-refractivity contribution in [1.29, 1.82) is 5.26 Å². The quantitative estimate of drug-likeness (QED) is 0.312. The molecule has 5 rings (SSSR count). The van der Waals surface area contributed by atoms with Crippen LogP contribution in [0, 0.1) is 23.1 Å². The van der Waals surface area contributed by atoms with Gasteiger partial charge in [-0.1, -0.05) is 12.1 Å². The van der Waals surface area contributed by atoms with E-state index < -0.39 is 71.0 Å². The number of para-hydroxylation sites is 1. The van der Waals surface area contributed by atoms with Crippen LogP contribution in [0.3, 0.4) is 0 Å². The molecule has 2 aromatic carbocycles. The van der Waals surface area contributed by atoms with E-state index in [-0.39, 0.29) is 36.9 Å². The molecule has 0 aliphatic carbocycles. The third-order valence-corrected chi connectivity index (χ3v) is 7.22. The number of ether oxygens (including phenoxy) is 1. The molecule has 0 radical (unpaired) electrons. The number of aromatic nitrogens is 2. The van der Waals surface area contributed by atoms with Crippen LogP contribution in [0.1, 0.15) is 35.4 Å². The molecule has 0 unspecified atom stereocenters. The number of nitriles is 1. The number of hydrogen-bond acceptors (Lipinski definition) is 7. The third kappa shape index (κ3) is 6.36. The molecule has 2 saturated heterocycles. The van der Waals surface area contributed by atoms with Crippen LogP contribution in [0.4, 0.5) is 42.2 Å². The number of alkyl halides is 5. The number of hydrogen-bond donors (Lipinski definition) is 1. The van der Waals surface area contributed by atoms with Gasteiger partial charge in [0.1, 0.15) is 28.9 Å². The van der Waals surface area contributed by atoms with Gasteiger partial charge in [-0.2, -0.15) is 18.4 Å². The van der Waals surface area contributed by atoms with Crippen LogP contribution in [-0.2, 0) is 6.18 Å². The Kier molecular flexibility index (Phi) is 8.20. The Morgan fingerprint density at radius 2 is 1.88 bits per heavy atom. The third-order valence-electron chi connectivity index (χ3n) is 7.22. The van der Waals surface area contributed by atoms with Crippen molar-refractivity contribution in [2.75, 3.05) is 42.5 Å². The largest absolute Gasteiger partial charge is 0.454 e. The average Bonchev–Trinajstić information content (AvgIpc) is 2.96. The molecule has 14 heteroatoms. The lowest BCUT2D eigenvalue weighted by molar-refractivity contribution is -0.138. The summed E-state index contributed by atoms with van der Waals surface area (Å²) in [5.74, 6) is -6.44. The lowest BCUT2D eigenvalue weighted by atomic mass is 9.95. The van der Waals surface area contributed by atoms with Crippen molar-refractivity contribution in [2.24, 2.45) is 11.7 Å². The molecular weight excluding hydrogens is 581 g/mol. The summed E-state index contributed by atoms with van der Waals surface area (Å²) < 4.78 is 107. The highest BCUT2D eigenvalue weighted by Crippen LogP contribution is 2.48. The van der Waals surface area contributed by atoms with Gasteiger partial charge in [0.25, 0.3) is 5.92 Å². The molecule has 2 aliphatic heterocycles. The molecule has 43 heavy (non-hydrogen) atoms. The van der Waals surface area contributed by atoms with E-state index >= 15 is 4.39 Å². The first-order chi connectivity index (χ1) is 20.4. The van der Waals surface area contributed by atoms with Gasteiger partial charge in [-0.25, -0.2) is 27.5 Å². The smallest absolute Gasteiger partial charge is 0.422 e. The summed E-state index contributed by atoms with van der Waals surface area (Å²) in [5, 5.41) is 9.49. The molecule has 7 nitrogen and oxygen atoms in total. The number of anilines is 2. The summed E-state index contributed by atoms with van der Waals surface area (Å²) in [6, 6.07) is 8.79. The number of piperidine rings is 1. The normalized spacial score (nSPS) is 18.7. The van der Waals surface area contributed by atoms with E-state index in [0.29, 0.717) is 12.8 Å². The van der Waals surface area contributed by atoms with Crippen LogP contribution in [0.15, 0.2) is 42.6 Å². The minimum atomic E-state index is -5.02. The summed E-state index contributed by atoms with van der Waals surface area (Å²) in [4.78, 5) is 10.4. The topological polar surface area (TPSA) is 91.3 Å². The molecule has 226 valence electrons. The van der Waals surface area contributed by atoms with Crippen molar-refractivity contribution < 1.29 is 35.5 Å². The van der Waals surface area contributed by atoms with E-state index in [1.54, 1.807) is 6.07 Å². The number of nitrogens with two attached hydrogens (primary N) is 1. The summed E-state index contributed by atoms with van der Waals surface area (Å²) in [6.07, 6.45) is -2.00. The Morgan fingerprint density at radius 1 is 1.14 bits per heavy atom. The summed E-state index contributed by atoms with van der Waals surface area (Å²) >= 11 is 0. The van der Waals surface area contributed by atoms with Crippen LogP contribution >= 0.6 is 0 Å². The van der Waals surface area contributed by atoms with E-state index in [1.807, 2.05) is 0 Å². The molecule has 0 bridgehead atoms. The Labute approximate surface area is 242 Å². The van der Waals surface area contributed by atoms with E-state index in [0.717, 1.165) is 29.3 Å². The average molecular weight is 607 g/mol. The molecule has 0 amide bonds.